The number of thioether (sulfide) groups is 1. The Morgan fingerprint density at radius 2 is 2.00 bits per heavy atom. The quantitative estimate of drug-likeness (QED) is 0.372. The van der Waals surface area contributed by atoms with Crippen LogP contribution in [-0.2, 0) is 4.79 Å². The summed E-state index contributed by atoms with van der Waals surface area (Å²) >= 11 is 2.07. The summed E-state index contributed by atoms with van der Waals surface area (Å²) in [6.45, 7) is 7.96. The first-order valence-corrected chi connectivity index (χ1v) is 10.4. The van der Waals surface area contributed by atoms with Crippen molar-refractivity contribution in [3.8, 4) is 0 Å². The van der Waals surface area contributed by atoms with Crippen LogP contribution in [0.4, 0.5) is 0 Å². The van der Waals surface area contributed by atoms with Crippen molar-refractivity contribution in [2.75, 3.05) is 46.0 Å². The third-order valence-corrected chi connectivity index (χ3v) is 6.55. The molecule has 0 bridgehead atoms. The monoisotopic (exact) mass is 482 g/mol. The van der Waals surface area contributed by atoms with E-state index < -0.39 is 0 Å². The molecule has 146 valence electrons. The van der Waals surface area contributed by atoms with Gasteiger partial charge in [0.2, 0.25) is 5.91 Å². The number of halogens is 1. The zero-order valence-corrected chi connectivity index (χ0v) is 19.4. The van der Waals surface area contributed by atoms with Gasteiger partial charge in [0.05, 0.1) is 12.0 Å². The molecule has 1 N–H and O–H groups in total. The summed E-state index contributed by atoms with van der Waals surface area (Å²) in [5.41, 5.74) is -0.279. The lowest BCUT2D eigenvalue weighted by atomic mass is 9.85. The van der Waals surface area contributed by atoms with Gasteiger partial charge >= 0.3 is 0 Å². The average molecular weight is 482 g/mol. The molecule has 1 unspecified atom stereocenters. The summed E-state index contributed by atoms with van der Waals surface area (Å²) in [7, 11) is 3.73. The molecular weight excluding hydrogens is 447 g/mol. The molecule has 1 aliphatic heterocycles. The number of guanidine groups is 1. The van der Waals surface area contributed by atoms with Gasteiger partial charge in [0.25, 0.3) is 0 Å². The average Bonchev–Trinajstić information content (AvgIpc) is 3.08. The van der Waals surface area contributed by atoms with E-state index >= 15 is 0 Å². The summed E-state index contributed by atoms with van der Waals surface area (Å²) in [5.74, 6) is 2.40. The van der Waals surface area contributed by atoms with Gasteiger partial charge in [-0.1, -0.05) is 19.8 Å². The van der Waals surface area contributed by atoms with Crippen LogP contribution in [0.1, 0.15) is 46.0 Å². The highest BCUT2D eigenvalue weighted by Gasteiger charge is 2.42. The maximum Gasteiger partial charge on any atom is 0.230 e. The van der Waals surface area contributed by atoms with Gasteiger partial charge in [0.15, 0.2) is 5.96 Å². The van der Waals surface area contributed by atoms with Crippen LogP contribution in [0.2, 0.25) is 0 Å². The first kappa shape index (κ1) is 22.9. The molecule has 1 saturated carbocycles. The second-order valence-corrected chi connectivity index (χ2v) is 8.61. The minimum Gasteiger partial charge on any atom is -0.357 e. The van der Waals surface area contributed by atoms with Crippen LogP contribution in [0, 0.1) is 5.41 Å². The van der Waals surface area contributed by atoms with Crippen molar-refractivity contribution < 1.29 is 4.79 Å². The van der Waals surface area contributed by atoms with E-state index in [1.54, 1.807) is 4.90 Å². The van der Waals surface area contributed by atoms with Gasteiger partial charge < -0.3 is 15.1 Å². The Balaban J connectivity index is 0.00000312. The van der Waals surface area contributed by atoms with Crippen LogP contribution < -0.4 is 5.32 Å². The molecule has 1 heterocycles. The number of nitrogens with zero attached hydrogens (tertiary/aromatic N) is 3. The van der Waals surface area contributed by atoms with Crippen LogP contribution in [-0.4, -0.2) is 72.9 Å². The first-order valence-electron chi connectivity index (χ1n) is 9.39. The SMILES string of the molecule is CCNC(=NCC1(C(=O)N(C)C)CCCC1)N1CCSC(CC)C1.I. The maximum absolute atomic E-state index is 12.7. The molecule has 2 rings (SSSR count). The van der Waals surface area contributed by atoms with E-state index in [0.717, 1.165) is 57.0 Å². The summed E-state index contributed by atoms with van der Waals surface area (Å²) in [6, 6.07) is 0. The van der Waals surface area contributed by atoms with E-state index in [4.69, 9.17) is 4.99 Å². The lowest BCUT2D eigenvalue weighted by Crippen LogP contribution is -2.49. The fourth-order valence-corrected chi connectivity index (χ4v) is 4.96. The molecule has 0 aromatic carbocycles. The summed E-state index contributed by atoms with van der Waals surface area (Å²) in [5, 5.41) is 4.13. The van der Waals surface area contributed by atoms with Crippen molar-refractivity contribution in [1.29, 1.82) is 0 Å². The van der Waals surface area contributed by atoms with Crippen molar-refractivity contribution >= 4 is 47.6 Å². The van der Waals surface area contributed by atoms with E-state index in [2.05, 4.69) is 35.8 Å². The summed E-state index contributed by atoms with van der Waals surface area (Å²) in [4.78, 5) is 21.8. The molecule has 0 spiro atoms. The normalized spacial score (nSPS) is 23.1. The number of amides is 1. The maximum atomic E-state index is 12.7. The highest BCUT2D eigenvalue weighted by Crippen LogP contribution is 2.39. The minimum absolute atomic E-state index is 0. The molecule has 5 nitrogen and oxygen atoms in total. The predicted molar refractivity (Wildman–Crippen MR) is 119 cm³/mol. The zero-order valence-electron chi connectivity index (χ0n) is 16.2. The zero-order chi connectivity index (χ0) is 17.6. The molecule has 1 amide bonds. The van der Waals surface area contributed by atoms with E-state index in [0.29, 0.717) is 11.8 Å². The third kappa shape index (κ3) is 5.91. The first-order chi connectivity index (χ1) is 11.5. The van der Waals surface area contributed by atoms with Crippen molar-refractivity contribution in [2.45, 2.75) is 51.2 Å². The van der Waals surface area contributed by atoms with Gasteiger partial charge in [0.1, 0.15) is 0 Å². The van der Waals surface area contributed by atoms with Crippen LogP contribution in [0.15, 0.2) is 4.99 Å². The van der Waals surface area contributed by atoms with Crippen molar-refractivity contribution in [3.63, 3.8) is 0 Å². The van der Waals surface area contributed by atoms with E-state index in [1.807, 2.05) is 14.1 Å². The standard InChI is InChI=1S/C18H34N4OS.HI/c1-5-15-13-22(11-12-24-15)17(19-6-2)20-14-18(9-7-8-10-18)16(23)21(3)4;/h15H,5-14H2,1-4H3,(H,19,20);1H. The molecule has 7 heteroatoms. The van der Waals surface area contributed by atoms with E-state index in [9.17, 15) is 4.79 Å². The lowest BCUT2D eigenvalue weighted by Gasteiger charge is -2.35. The third-order valence-electron chi connectivity index (χ3n) is 5.18. The molecule has 1 aliphatic carbocycles. The molecule has 2 fully saturated rings. The Morgan fingerprint density at radius 3 is 2.56 bits per heavy atom. The number of hydrogen-bond acceptors (Lipinski definition) is 3. The molecule has 0 aromatic rings. The largest absolute Gasteiger partial charge is 0.357 e. The van der Waals surface area contributed by atoms with E-state index in [-0.39, 0.29) is 35.3 Å². The molecular formula is C18H35IN4OS. The number of rotatable bonds is 5. The Kier molecular flexibility index (Phi) is 9.92. The summed E-state index contributed by atoms with van der Waals surface area (Å²) in [6.07, 6.45) is 5.43. The van der Waals surface area contributed by atoms with E-state index in [1.165, 1.54) is 6.42 Å². The van der Waals surface area contributed by atoms with Crippen LogP contribution in [0.3, 0.4) is 0 Å². The number of nitrogens with one attached hydrogen (secondary N) is 1. The minimum atomic E-state index is -0.279. The van der Waals surface area contributed by atoms with Gasteiger partial charge in [-0.15, -0.1) is 24.0 Å². The lowest BCUT2D eigenvalue weighted by molar-refractivity contribution is -0.138. The molecule has 2 aliphatic rings. The van der Waals surface area contributed by atoms with Crippen molar-refractivity contribution in [2.24, 2.45) is 10.4 Å². The molecule has 1 atom stereocenters. The Bertz CT molecular complexity index is 452. The Labute approximate surface area is 174 Å². The topological polar surface area (TPSA) is 47.9 Å². The fraction of sp³-hybridized carbons (Fsp3) is 0.889. The van der Waals surface area contributed by atoms with Crippen LogP contribution in [0.25, 0.3) is 0 Å². The van der Waals surface area contributed by atoms with Gasteiger partial charge in [-0.3, -0.25) is 9.79 Å². The summed E-state index contributed by atoms with van der Waals surface area (Å²) < 4.78 is 0. The number of hydrogen-bond donors (Lipinski definition) is 1. The molecule has 1 saturated heterocycles. The highest BCUT2D eigenvalue weighted by molar-refractivity contribution is 14.0. The second-order valence-electron chi connectivity index (χ2n) is 7.20. The van der Waals surface area contributed by atoms with Crippen molar-refractivity contribution in [3.05, 3.63) is 0 Å². The molecule has 0 radical (unpaired) electrons. The van der Waals surface area contributed by atoms with Gasteiger partial charge in [-0.2, -0.15) is 11.8 Å². The second kappa shape index (κ2) is 10.8. The molecule has 25 heavy (non-hydrogen) atoms. The van der Waals surface area contributed by atoms with Gasteiger partial charge in [0, 0.05) is 44.7 Å². The molecule has 0 aromatic heterocycles. The fourth-order valence-electron chi connectivity index (χ4n) is 3.78. The predicted octanol–water partition coefficient (Wildman–Crippen LogP) is 3.05. The highest BCUT2D eigenvalue weighted by atomic mass is 127. The smallest absolute Gasteiger partial charge is 0.230 e. The number of aliphatic imine (C=N–C) groups is 1. The van der Waals surface area contributed by atoms with Gasteiger partial charge in [-0.25, -0.2) is 0 Å². The Hall–Kier alpha value is -0.180. The Morgan fingerprint density at radius 1 is 1.32 bits per heavy atom. The van der Waals surface area contributed by atoms with Crippen LogP contribution >= 0.6 is 35.7 Å². The number of carbonyl (C=O) groups excluding carboxylic acids is 1. The van der Waals surface area contributed by atoms with Gasteiger partial charge in [-0.05, 0) is 26.2 Å². The number of carbonyl (C=O) groups is 1. The van der Waals surface area contributed by atoms with Crippen LogP contribution in [0.5, 0.6) is 0 Å². The van der Waals surface area contributed by atoms with Crippen molar-refractivity contribution in [1.82, 2.24) is 15.1 Å².